The predicted octanol–water partition coefficient (Wildman–Crippen LogP) is 4.91. The van der Waals surface area contributed by atoms with Gasteiger partial charge >= 0.3 is 0 Å². The first-order valence-electron chi connectivity index (χ1n) is 9.26. The first kappa shape index (κ1) is 19.0. The molecule has 2 heterocycles. The lowest BCUT2D eigenvalue weighted by atomic mass is 10.1. The van der Waals surface area contributed by atoms with Crippen molar-refractivity contribution in [2.75, 3.05) is 7.11 Å². The summed E-state index contributed by atoms with van der Waals surface area (Å²) < 4.78 is 6.78. The van der Waals surface area contributed by atoms with Crippen LogP contribution in [0.2, 0.25) is 0 Å². The summed E-state index contributed by atoms with van der Waals surface area (Å²) in [4.78, 5) is 19.2. The second-order valence-electron chi connectivity index (χ2n) is 6.55. The highest BCUT2D eigenvalue weighted by atomic mass is 32.1. The Morgan fingerprint density at radius 2 is 1.83 bits per heavy atom. The average molecular weight is 404 g/mol. The van der Waals surface area contributed by atoms with E-state index in [0.717, 1.165) is 27.6 Å². The summed E-state index contributed by atoms with van der Waals surface area (Å²) in [7, 11) is 1.62. The third kappa shape index (κ3) is 3.93. The molecule has 146 valence electrons. The van der Waals surface area contributed by atoms with Crippen LogP contribution in [0.3, 0.4) is 0 Å². The molecule has 0 saturated carbocycles. The molecule has 4 rings (SSSR count). The van der Waals surface area contributed by atoms with E-state index in [0.29, 0.717) is 17.8 Å². The Balaban J connectivity index is 1.82. The molecule has 29 heavy (non-hydrogen) atoms. The maximum atomic E-state index is 13.3. The van der Waals surface area contributed by atoms with E-state index >= 15 is 0 Å². The van der Waals surface area contributed by atoms with Crippen molar-refractivity contribution in [1.29, 1.82) is 0 Å². The molecule has 0 aliphatic heterocycles. The number of benzene rings is 2. The van der Waals surface area contributed by atoms with Crippen molar-refractivity contribution in [3.05, 3.63) is 92.9 Å². The Labute approximate surface area is 172 Å². The number of aromatic nitrogens is 2. The fourth-order valence-electron chi connectivity index (χ4n) is 3.18. The topological polar surface area (TPSA) is 59.4 Å². The maximum absolute atomic E-state index is 13.3. The van der Waals surface area contributed by atoms with Crippen LogP contribution >= 0.6 is 11.3 Å². The molecule has 0 aliphatic carbocycles. The van der Waals surface area contributed by atoms with Gasteiger partial charge in [-0.3, -0.25) is 14.9 Å². The monoisotopic (exact) mass is 403 g/mol. The second-order valence-corrected chi connectivity index (χ2v) is 7.58. The van der Waals surface area contributed by atoms with Gasteiger partial charge in [0.2, 0.25) is 0 Å². The van der Waals surface area contributed by atoms with Crippen LogP contribution in [-0.2, 0) is 6.54 Å². The maximum Gasteiger partial charge on any atom is 0.280 e. The summed E-state index contributed by atoms with van der Waals surface area (Å²) in [6, 6.07) is 21.3. The van der Waals surface area contributed by atoms with Crippen LogP contribution in [0.4, 0.5) is 0 Å². The van der Waals surface area contributed by atoms with Crippen LogP contribution in [0.5, 0.6) is 5.75 Å². The van der Waals surface area contributed by atoms with Crippen molar-refractivity contribution in [3.63, 3.8) is 0 Å². The number of hydrogen-bond donors (Lipinski definition) is 1. The van der Waals surface area contributed by atoms with Crippen LogP contribution in [0.1, 0.15) is 17.4 Å². The van der Waals surface area contributed by atoms with Crippen LogP contribution < -0.4 is 10.3 Å². The smallest absolute Gasteiger partial charge is 0.280 e. The number of ether oxygens (including phenoxy) is 1. The molecule has 6 heteroatoms. The van der Waals surface area contributed by atoms with E-state index < -0.39 is 0 Å². The highest BCUT2D eigenvalue weighted by Gasteiger charge is 2.19. The van der Waals surface area contributed by atoms with Crippen LogP contribution in [0.25, 0.3) is 16.9 Å². The largest absolute Gasteiger partial charge is 0.497 e. The van der Waals surface area contributed by atoms with Crippen LogP contribution in [-0.4, -0.2) is 22.6 Å². The lowest BCUT2D eigenvalue weighted by molar-refractivity contribution is 0.414. The van der Waals surface area contributed by atoms with Gasteiger partial charge in [0.15, 0.2) is 0 Å². The third-order valence-electron chi connectivity index (χ3n) is 4.70. The van der Waals surface area contributed by atoms with Gasteiger partial charge in [-0.1, -0.05) is 36.4 Å². The van der Waals surface area contributed by atoms with Crippen molar-refractivity contribution in [1.82, 2.24) is 9.78 Å². The van der Waals surface area contributed by atoms with Crippen molar-refractivity contribution in [2.24, 2.45) is 4.99 Å². The molecule has 0 bridgehead atoms. The number of aliphatic imine (C=N–C) groups is 1. The van der Waals surface area contributed by atoms with Crippen molar-refractivity contribution in [3.8, 4) is 22.7 Å². The zero-order valence-electron chi connectivity index (χ0n) is 16.3. The molecule has 0 fully saturated rings. The molecular formula is C23H21N3O2S. The van der Waals surface area contributed by atoms with Crippen molar-refractivity contribution < 1.29 is 4.74 Å². The van der Waals surface area contributed by atoms with Gasteiger partial charge in [0.25, 0.3) is 5.56 Å². The molecule has 0 aliphatic rings. The Morgan fingerprint density at radius 3 is 2.48 bits per heavy atom. The van der Waals surface area contributed by atoms with Gasteiger partial charge in [0, 0.05) is 16.2 Å². The zero-order chi connectivity index (χ0) is 20.2. The minimum Gasteiger partial charge on any atom is -0.497 e. The van der Waals surface area contributed by atoms with Crippen molar-refractivity contribution in [2.45, 2.75) is 13.5 Å². The summed E-state index contributed by atoms with van der Waals surface area (Å²) in [5.41, 5.74) is 3.62. The number of nitrogens with zero attached hydrogens (tertiary/aromatic N) is 2. The lowest BCUT2D eigenvalue weighted by Gasteiger charge is -2.04. The number of H-pyrrole nitrogens is 1. The molecule has 0 saturated heterocycles. The van der Waals surface area contributed by atoms with E-state index in [1.54, 1.807) is 23.1 Å². The summed E-state index contributed by atoms with van der Waals surface area (Å²) >= 11 is 1.66. The van der Waals surface area contributed by atoms with Crippen molar-refractivity contribution >= 4 is 17.0 Å². The number of hydrogen-bond acceptors (Lipinski definition) is 4. The molecule has 2 aromatic heterocycles. The van der Waals surface area contributed by atoms with E-state index in [1.807, 2.05) is 79.0 Å². The van der Waals surface area contributed by atoms with Gasteiger partial charge in [0.1, 0.15) is 5.75 Å². The van der Waals surface area contributed by atoms with Crippen LogP contribution in [0.15, 0.2) is 81.9 Å². The third-order valence-corrected chi connectivity index (χ3v) is 5.56. The molecule has 4 aromatic rings. The highest BCUT2D eigenvalue weighted by Crippen LogP contribution is 2.22. The first-order valence-corrected chi connectivity index (χ1v) is 10.1. The van der Waals surface area contributed by atoms with Gasteiger partial charge in [0.05, 0.1) is 30.6 Å². The SMILES string of the molecule is COc1ccc(-n2[nH]c(-c3ccccc3)c(C(C)=NCc3cccs3)c2=O)cc1. The zero-order valence-corrected chi connectivity index (χ0v) is 17.1. The Bertz CT molecular complexity index is 1170. The molecule has 1 N–H and O–H groups in total. The Kier molecular flexibility index (Phi) is 5.44. The number of nitrogens with one attached hydrogen (secondary N) is 1. The molecule has 2 aromatic carbocycles. The molecule has 0 unspecified atom stereocenters. The van der Waals surface area contributed by atoms with Gasteiger partial charge in [-0.05, 0) is 42.6 Å². The number of aromatic amines is 1. The molecule has 0 amide bonds. The minimum absolute atomic E-state index is 0.124. The second kappa shape index (κ2) is 8.32. The first-order chi connectivity index (χ1) is 14.2. The number of rotatable bonds is 6. The fraction of sp³-hybridized carbons (Fsp3) is 0.130. The molecule has 0 spiro atoms. The molecule has 5 nitrogen and oxygen atoms in total. The van der Waals surface area contributed by atoms with E-state index in [1.165, 1.54) is 0 Å². The highest BCUT2D eigenvalue weighted by molar-refractivity contribution is 7.09. The summed E-state index contributed by atoms with van der Waals surface area (Å²) in [5.74, 6) is 0.741. The van der Waals surface area contributed by atoms with E-state index in [2.05, 4.69) is 5.10 Å². The molecule has 0 radical (unpaired) electrons. The quantitative estimate of drug-likeness (QED) is 0.465. The van der Waals surface area contributed by atoms with E-state index in [4.69, 9.17) is 9.73 Å². The lowest BCUT2D eigenvalue weighted by Crippen LogP contribution is -2.19. The van der Waals surface area contributed by atoms with Gasteiger partial charge in [-0.25, -0.2) is 4.68 Å². The Morgan fingerprint density at radius 1 is 1.07 bits per heavy atom. The van der Waals surface area contributed by atoms with E-state index in [9.17, 15) is 4.79 Å². The normalized spacial score (nSPS) is 11.6. The summed E-state index contributed by atoms with van der Waals surface area (Å²) in [6.45, 7) is 2.45. The molecule has 0 atom stereocenters. The standard InChI is InChI=1S/C23H21N3O2S/c1-16(24-15-20-9-6-14-29-20)21-22(17-7-4-3-5-8-17)25-26(23(21)27)18-10-12-19(28-2)13-11-18/h3-14,25H,15H2,1-2H3. The minimum atomic E-state index is -0.124. The average Bonchev–Trinajstić information content (AvgIpc) is 3.40. The predicted molar refractivity (Wildman–Crippen MR) is 119 cm³/mol. The number of methoxy groups -OCH3 is 1. The summed E-state index contributed by atoms with van der Waals surface area (Å²) in [5, 5.41) is 5.31. The van der Waals surface area contributed by atoms with E-state index in [-0.39, 0.29) is 5.56 Å². The van der Waals surface area contributed by atoms with Gasteiger partial charge in [-0.2, -0.15) is 0 Å². The van der Waals surface area contributed by atoms with Crippen LogP contribution in [0, 0.1) is 0 Å². The molecular weight excluding hydrogens is 382 g/mol. The Hall–Kier alpha value is -3.38. The summed E-state index contributed by atoms with van der Waals surface area (Å²) in [6.07, 6.45) is 0. The fourth-order valence-corrected chi connectivity index (χ4v) is 3.81. The van der Waals surface area contributed by atoms with Gasteiger partial charge in [-0.15, -0.1) is 11.3 Å². The van der Waals surface area contributed by atoms with Gasteiger partial charge < -0.3 is 4.74 Å². The number of thiophene rings is 1.